The van der Waals surface area contributed by atoms with Crippen LogP contribution in [-0.2, 0) is 0 Å². The number of aromatic nitrogens is 1. The Morgan fingerprint density at radius 1 is 1.07 bits per heavy atom. The Balaban J connectivity index is 1.64. The number of anilines is 1. The second-order valence-electron chi connectivity index (χ2n) is 8.06. The third-order valence-electron chi connectivity index (χ3n) is 5.40. The molecule has 2 heterocycles. The highest BCUT2D eigenvalue weighted by molar-refractivity contribution is 5.99. The molecule has 0 bridgehead atoms. The third-order valence-corrected chi connectivity index (χ3v) is 5.40. The molecule has 154 valence electrons. The van der Waals surface area contributed by atoms with Crippen LogP contribution < -0.4 is 10.2 Å². The molecule has 2 amide bonds. The van der Waals surface area contributed by atoms with E-state index in [0.717, 1.165) is 13.1 Å². The van der Waals surface area contributed by atoms with Crippen molar-refractivity contribution in [3.63, 3.8) is 0 Å². The van der Waals surface area contributed by atoms with Gasteiger partial charge in [-0.25, -0.2) is 0 Å². The third kappa shape index (κ3) is 4.94. The molecule has 1 fully saturated rings. The van der Waals surface area contributed by atoms with Crippen molar-refractivity contribution in [1.29, 1.82) is 0 Å². The largest absolute Gasteiger partial charge is 0.368 e. The number of nitrogens with zero attached hydrogens (tertiary/aromatic N) is 3. The summed E-state index contributed by atoms with van der Waals surface area (Å²) in [4.78, 5) is 33.5. The van der Waals surface area contributed by atoms with Gasteiger partial charge < -0.3 is 15.1 Å². The molecule has 0 spiro atoms. The number of hydrogen-bond donors (Lipinski definition) is 1. The van der Waals surface area contributed by atoms with Crippen LogP contribution in [0.3, 0.4) is 0 Å². The summed E-state index contributed by atoms with van der Waals surface area (Å²) < 4.78 is 0. The number of hydrogen-bond acceptors (Lipinski definition) is 4. The Labute approximate surface area is 172 Å². The zero-order chi connectivity index (χ0) is 21.0. The van der Waals surface area contributed by atoms with E-state index in [1.807, 2.05) is 18.7 Å². The normalized spacial score (nSPS) is 14.2. The molecule has 1 aromatic carbocycles. The number of pyridine rings is 1. The average Bonchev–Trinajstić information content (AvgIpc) is 2.73. The maximum Gasteiger partial charge on any atom is 0.255 e. The maximum atomic E-state index is 12.9. The van der Waals surface area contributed by atoms with Crippen molar-refractivity contribution in [2.75, 3.05) is 37.6 Å². The Hall–Kier alpha value is -2.89. The Morgan fingerprint density at radius 3 is 2.45 bits per heavy atom. The number of carbonyl (C=O) groups excluding carboxylic acids is 2. The van der Waals surface area contributed by atoms with E-state index in [-0.39, 0.29) is 11.8 Å². The van der Waals surface area contributed by atoms with Gasteiger partial charge in [-0.3, -0.25) is 14.6 Å². The van der Waals surface area contributed by atoms with Crippen molar-refractivity contribution < 1.29 is 9.59 Å². The zero-order valence-corrected chi connectivity index (χ0v) is 17.7. The van der Waals surface area contributed by atoms with Gasteiger partial charge in [-0.2, -0.15) is 0 Å². The summed E-state index contributed by atoms with van der Waals surface area (Å²) in [6, 6.07) is 7.98. The molecule has 0 aliphatic carbocycles. The van der Waals surface area contributed by atoms with Crippen LogP contribution in [0.15, 0.2) is 36.7 Å². The van der Waals surface area contributed by atoms with Gasteiger partial charge in [-0.1, -0.05) is 26.0 Å². The molecule has 1 N–H and O–H groups in total. The van der Waals surface area contributed by atoms with Crippen molar-refractivity contribution in [1.82, 2.24) is 15.2 Å². The van der Waals surface area contributed by atoms with E-state index in [0.29, 0.717) is 36.7 Å². The second-order valence-corrected chi connectivity index (χ2v) is 8.06. The fourth-order valence-corrected chi connectivity index (χ4v) is 3.49. The van der Waals surface area contributed by atoms with E-state index < -0.39 is 0 Å². The second kappa shape index (κ2) is 9.07. The average molecular weight is 395 g/mol. The molecule has 0 saturated carbocycles. The fourth-order valence-electron chi connectivity index (χ4n) is 3.49. The minimum Gasteiger partial charge on any atom is -0.368 e. The molecule has 1 aliphatic heterocycles. The summed E-state index contributed by atoms with van der Waals surface area (Å²) in [7, 11) is 0. The Morgan fingerprint density at radius 2 is 1.76 bits per heavy atom. The topological polar surface area (TPSA) is 65.5 Å². The lowest BCUT2D eigenvalue weighted by molar-refractivity contribution is 0.0746. The van der Waals surface area contributed by atoms with Gasteiger partial charge in [0.2, 0.25) is 0 Å². The van der Waals surface area contributed by atoms with Gasteiger partial charge >= 0.3 is 0 Å². The zero-order valence-electron chi connectivity index (χ0n) is 17.7. The number of rotatable bonds is 5. The van der Waals surface area contributed by atoms with Crippen LogP contribution in [0.4, 0.5) is 5.69 Å². The van der Waals surface area contributed by atoms with Crippen LogP contribution in [0.2, 0.25) is 0 Å². The van der Waals surface area contributed by atoms with Crippen LogP contribution in [-0.4, -0.2) is 54.4 Å². The van der Waals surface area contributed by atoms with Crippen LogP contribution in [0.5, 0.6) is 0 Å². The molecule has 2 aromatic rings. The molecule has 0 unspecified atom stereocenters. The molecular formula is C23H30N4O2. The summed E-state index contributed by atoms with van der Waals surface area (Å²) in [6.07, 6.45) is 3.05. The molecule has 6 nitrogen and oxygen atoms in total. The first-order chi connectivity index (χ1) is 13.9. The highest BCUT2D eigenvalue weighted by Crippen LogP contribution is 2.24. The predicted octanol–water partition coefficient (Wildman–Crippen LogP) is 3.05. The van der Waals surface area contributed by atoms with E-state index in [1.54, 1.807) is 12.3 Å². The first kappa shape index (κ1) is 20.8. The van der Waals surface area contributed by atoms with Gasteiger partial charge in [0.25, 0.3) is 11.8 Å². The number of nitrogens with one attached hydrogen (secondary N) is 1. The van der Waals surface area contributed by atoms with Crippen LogP contribution in [0, 0.1) is 19.8 Å². The first-order valence-corrected chi connectivity index (χ1v) is 10.2. The quantitative estimate of drug-likeness (QED) is 0.847. The maximum absolute atomic E-state index is 12.9. The monoisotopic (exact) mass is 394 g/mol. The number of piperazine rings is 1. The number of aryl methyl sites for hydroxylation is 1. The summed E-state index contributed by atoms with van der Waals surface area (Å²) >= 11 is 0. The number of benzene rings is 1. The van der Waals surface area contributed by atoms with Gasteiger partial charge in [-0.05, 0) is 43.0 Å². The van der Waals surface area contributed by atoms with Crippen LogP contribution in [0.25, 0.3) is 0 Å². The van der Waals surface area contributed by atoms with Crippen LogP contribution >= 0.6 is 0 Å². The van der Waals surface area contributed by atoms with Gasteiger partial charge in [0.05, 0.1) is 11.1 Å². The highest BCUT2D eigenvalue weighted by Gasteiger charge is 2.24. The lowest BCUT2D eigenvalue weighted by atomic mass is 10.1. The molecule has 29 heavy (non-hydrogen) atoms. The lowest BCUT2D eigenvalue weighted by Crippen LogP contribution is -2.49. The summed E-state index contributed by atoms with van der Waals surface area (Å²) in [6.45, 7) is 11.8. The minimum atomic E-state index is -0.194. The summed E-state index contributed by atoms with van der Waals surface area (Å²) in [5, 5.41) is 2.87. The van der Waals surface area contributed by atoms with Gasteiger partial charge in [0, 0.05) is 50.8 Å². The van der Waals surface area contributed by atoms with Crippen molar-refractivity contribution in [3.8, 4) is 0 Å². The number of amides is 2. The molecule has 0 radical (unpaired) electrons. The predicted molar refractivity (Wildman–Crippen MR) is 115 cm³/mol. The van der Waals surface area contributed by atoms with E-state index >= 15 is 0 Å². The van der Waals surface area contributed by atoms with Gasteiger partial charge in [0.15, 0.2) is 0 Å². The van der Waals surface area contributed by atoms with Crippen molar-refractivity contribution in [2.24, 2.45) is 5.92 Å². The highest BCUT2D eigenvalue weighted by atomic mass is 16.2. The Kier molecular flexibility index (Phi) is 6.52. The molecular weight excluding hydrogens is 364 g/mol. The molecule has 0 atom stereocenters. The summed E-state index contributed by atoms with van der Waals surface area (Å²) in [5.74, 6) is 0.0993. The minimum absolute atomic E-state index is 0.0726. The first-order valence-electron chi connectivity index (χ1n) is 10.2. The van der Waals surface area contributed by atoms with Crippen molar-refractivity contribution in [2.45, 2.75) is 27.7 Å². The number of carbonyl (C=O) groups is 2. The fraction of sp³-hybridized carbons (Fsp3) is 0.435. The van der Waals surface area contributed by atoms with Crippen LogP contribution in [0.1, 0.15) is 45.7 Å². The van der Waals surface area contributed by atoms with E-state index in [9.17, 15) is 9.59 Å². The summed E-state index contributed by atoms with van der Waals surface area (Å²) in [5.41, 5.74) is 4.69. The van der Waals surface area contributed by atoms with Gasteiger partial charge in [-0.15, -0.1) is 0 Å². The van der Waals surface area contributed by atoms with Crippen molar-refractivity contribution >= 4 is 17.5 Å². The van der Waals surface area contributed by atoms with E-state index in [4.69, 9.17) is 0 Å². The van der Waals surface area contributed by atoms with Gasteiger partial charge in [0.1, 0.15) is 0 Å². The standard InChI is InChI=1S/C23H30N4O2/c1-16(2)13-25-22(28)19-12-20(15-24-14-19)23(29)27-10-8-26(9-11-27)21-7-5-6-17(3)18(21)4/h5-7,12,14-16H,8-11,13H2,1-4H3,(H,25,28). The Bertz CT molecular complexity index is 886. The lowest BCUT2D eigenvalue weighted by Gasteiger charge is -2.37. The molecule has 3 rings (SSSR count). The van der Waals surface area contributed by atoms with E-state index in [1.165, 1.54) is 23.0 Å². The SMILES string of the molecule is Cc1cccc(N2CCN(C(=O)c3cncc(C(=O)NCC(C)C)c3)CC2)c1C. The van der Waals surface area contributed by atoms with Crippen molar-refractivity contribution in [3.05, 3.63) is 58.9 Å². The smallest absolute Gasteiger partial charge is 0.255 e. The molecule has 1 aromatic heterocycles. The molecule has 1 aliphatic rings. The molecule has 6 heteroatoms. The molecule has 1 saturated heterocycles. The van der Waals surface area contributed by atoms with E-state index in [2.05, 4.69) is 47.2 Å².